The molecular weight excluding hydrogens is 231 g/mol. The molecule has 0 saturated carbocycles. The molecule has 5 heteroatoms. The highest BCUT2D eigenvalue weighted by Gasteiger charge is 2.11. The van der Waals surface area contributed by atoms with E-state index in [1.807, 2.05) is 12.1 Å². The Hall–Kier alpha value is -2.56. The second-order valence-electron chi connectivity index (χ2n) is 3.74. The summed E-state index contributed by atoms with van der Waals surface area (Å²) >= 11 is 0. The molecule has 0 spiro atoms. The van der Waals surface area contributed by atoms with Gasteiger partial charge in [0.1, 0.15) is 0 Å². The Kier molecular flexibility index (Phi) is 2.57. The molecule has 3 aromatic rings. The fraction of sp³-hybridized carbons (Fsp3) is 0. The van der Waals surface area contributed by atoms with Crippen molar-refractivity contribution in [2.75, 3.05) is 0 Å². The van der Waals surface area contributed by atoms with E-state index in [1.165, 1.54) is 12.3 Å². The van der Waals surface area contributed by atoms with E-state index in [0.29, 0.717) is 5.56 Å². The first-order chi connectivity index (χ1) is 8.84. The minimum atomic E-state index is -0.515. The Bertz CT molecular complexity index is 664. The third-order valence-corrected chi connectivity index (χ3v) is 2.59. The number of halogens is 1. The summed E-state index contributed by atoms with van der Waals surface area (Å²) in [6.45, 7) is 0. The van der Waals surface area contributed by atoms with Gasteiger partial charge in [0.25, 0.3) is 0 Å². The van der Waals surface area contributed by atoms with Crippen LogP contribution in [-0.2, 0) is 0 Å². The van der Waals surface area contributed by atoms with Crippen molar-refractivity contribution in [3.63, 3.8) is 0 Å². The average Bonchev–Trinajstić information content (AvgIpc) is 2.89. The summed E-state index contributed by atoms with van der Waals surface area (Å²) in [5.41, 5.74) is 3.09. The molecule has 88 valence electrons. The molecular formula is C13H9FN4. The Balaban J connectivity index is 2.13. The van der Waals surface area contributed by atoms with Crippen LogP contribution < -0.4 is 0 Å². The maximum atomic E-state index is 13.1. The van der Waals surface area contributed by atoms with Crippen LogP contribution in [0.15, 0.2) is 49.2 Å². The molecule has 0 saturated heterocycles. The molecule has 3 rings (SSSR count). The predicted octanol–water partition coefficient (Wildman–Crippen LogP) is 2.67. The highest BCUT2D eigenvalue weighted by Crippen LogP contribution is 2.28. The van der Waals surface area contributed by atoms with Gasteiger partial charge in [0.2, 0.25) is 5.95 Å². The third kappa shape index (κ3) is 1.86. The Morgan fingerprint density at radius 2 is 2.00 bits per heavy atom. The lowest BCUT2D eigenvalue weighted by Gasteiger charge is -2.02. The van der Waals surface area contributed by atoms with E-state index in [-0.39, 0.29) is 0 Å². The zero-order valence-electron chi connectivity index (χ0n) is 9.34. The summed E-state index contributed by atoms with van der Waals surface area (Å²) in [4.78, 5) is 14.9. The van der Waals surface area contributed by atoms with E-state index in [0.717, 1.165) is 17.0 Å². The van der Waals surface area contributed by atoms with E-state index in [2.05, 4.69) is 19.9 Å². The topological polar surface area (TPSA) is 54.5 Å². The second kappa shape index (κ2) is 4.37. The smallest absolute Gasteiger partial charge is 0.213 e. The van der Waals surface area contributed by atoms with Crippen molar-refractivity contribution in [2.45, 2.75) is 0 Å². The van der Waals surface area contributed by atoms with Crippen molar-refractivity contribution in [1.82, 2.24) is 19.9 Å². The molecule has 0 aromatic carbocycles. The van der Waals surface area contributed by atoms with Crippen molar-refractivity contribution in [3.05, 3.63) is 55.1 Å². The largest absolute Gasteiger partial charge is 0.344 e. The van der Waals surface area contributed by atoms with Crippen LogP contribution in [0.1, 0.15) is 0 Å². The third-order valence-electron chi connectivity index (χ3n) is 2.59. The number of hydrogen-bond acceptors (Lipinski definition) is 3. The maximum Gasteiger partial charge on any atom is 0.213 e. The van der Waals surface area contributed by atoms with Crippen LogP contribution in [0.25, 0.3) is 22.5 Å². The van der Waals surface area contributed by atoms with Crippen molar-refractivity contribution in [3.8, 4) is 22.5 Å². The van der Waals surface area contributed by atoms with Crippen molar-refractivity contribution in [2.24, 2.45) is 0 Å². The monoisotopic (exact) mass is 240 g/mol. The van der Waals surface area contributed by atoms with Gasteiger partial charge in [-0.25, -0.2) is 9.97 Å². The molecule has 0 fully saturated rings. The molecule has 18 heavy (non-hydrogen) atoms. The highest BCUT2D eigenvalue weighted by atomic mass is 19.1. The van der Waals surface area contributed by atoms with Gasteiger partial charge in [-0.2, -0.15) is 4.39 Å². The predicted molar refractivity (Wildman–Crippen MR) is 65.0 cm³/mol. The van der Waals surface area contributed by atoms with E-state index in [9.17, 15) is 4.39 Å². The molecule has 0 aliphatic carbocycles. The molecule has 4 nitrogen and oxygen atoms in total. The molecule has 0 aliphatic heterocycles. The van der Waals surface area contributed by atoms with Crippen molar-refractivity contribution in [1.29, 1.82) is 0 Å². The first kappa shape index (κ1) is 10.6. The summed E-state index contributed by atoms with van der Waals surface area (Å²) in [6.07, 6.45) is 6.42. The normalized spacial score (nSPS) is 10.5. The number of hydrogen-bond donors (Lipinski definition) is 1. The molecule has 1 N–H and O–H groups in total. The number of pyridine rings is 2. The number of nitrogens with one attached hydrogen (secondary N) is 1. The summed E-state index contributed by atoms with van der Waals surface area (Å²) < 4.78 is 13.1. The van der Waals surface area contributed by atoms with E-state index in [4.69, 9.17) is 0 Å². The van der Waals surface area contributed by atoms with Gasteiger partial charge >= 0.3 is 0 Å². The van der Waals surface area contributed by atoms with E-state index < -0.39 is 5.95 Å². The Morgan fingerprint density at radius 3 is 2.78 bits per heavy atom. The number of imidazole rings is 1. The minimum absolute atomic E-state index is 0.515. The van der Waals surface area contributed by atoms with Gasteiger partial charge in [-0.15, -0.1) is 0 Å². The minimum Gasteiger partial charge on any atom is -0.344 e. The molecule has 0 unspecified atom stereocenters. The summed E-state index contributed by atoms with van der Waals surface area (Å²) in [5.74, 6) is -0.515. The molecule has 0 aliphatic rings. The zero-order chi connectivity index (χ0) is 12.4. The van der Waals surface area contributed by atoms with Crippen molar-refractivity contribution < 1.29 is 4.39 Å². The zero-order valence-corrected chi connectivity index (χ0v) is 9.34. The van der Waals surface area contributed by atoms with Gasteiger partial charge in [-0.05, 0) is 18.2 Å². The molecule has 3 aromatic heterocycles. The quantitative estimate of drug-likeness (QED) is 0.700. The molecule has 3 heterocycles. The van der Waals surface area contributed by atoms with E-state index in [1.54, 1.807) is 24.8 Å². The van der Waals surface area contributed by atoms with E-state index >= 15 is 0 Å². The molecule has 0 amide bonds. The fourth-order valence-corrected chi connectivity index (χ4v) is 1.79. The molecule has 0 bridgehead atoms. The van der Waals surface area contributed by atoms with Crippen LogP contribution in [-0.4, -0.2) is 19.9 Å². The van der Waals surface area contributed by atoms with Crippen LogP contribution in [0.2, 0.25) is 0 Å². The first-order valence-corrected chi connectivity index (χ1v) is 5.40. The average molecular weight is 240 g/mol. The number of aromatic amines is 1. The summed E-state index contributed by atoms with van der Waals surface area (Å²) in [7, 11) is 0. The molecule has 0 atom stereocenters. The molecule has 0 radical (unpaired) electrons. The number of rotatable bonds is 2. The van der Waals surface area contributed by atoms with Gasteiger partial charge in [0.15, 0.2) is 0 Å². The summed E-state index contributed by atoms with van der Waals surface area (Å²) in [5, 5.41) is 0. The number of nitrogens with zero attached hydrogens (tertiary/aromatic N) is 3. The van der Waals surface area contributed by atoms with Gasteiger partial charge in [0.05, 0.1) is 17.7 Å². The SMILES string of the molecule is Fc1cc(-c2[nH]cnc2-c2cccnc2)ccn1. The maximum absolute atomic E-state index is 13.1. The van der Waals surface area contributed by atoms with Crippen LogP contribution in [0.4, 0.5) is 4.39 Å². The van der Waals surface area contributed by atoms with Crippen LogP contribution >= 0.6 is 0 Å². The lowest BCUT2D eigenvalue weighted by atomic mass is 10.1. The highest BCUT2D eigenvalue weighted by molar-refractivity contribution is 5.77. The lowest BCUT2D eigenvalue weighted by Crippen LogP contribution is -1.87. The van der Waals surface area contributed by atoms with Gasteiger partial charge in [-0.1, -0.05) is 0 Å². The van der Waals surface area contributed by atoms with Crippen LogP contribution in [0.3, 0.4) is 0 Å². The van der Waals surface area contributed by atoms with Gasteiger partial charge < -0.3 is 4.98 Å². The van der Waals surface area contributed by atoms with Gasteiger partial charge in [0, 0.05) is 35.8 Å². The van der Waals surface area contributed by atoms with Crippen molar-refractivity contribution >= 4 is 0 Å². The van der Waals surface area contributed by atoms with Gasteiger partial charge in [-0.3, -0.25) is 4.98 Å². The Labute approximate surface area is 103 Å². The standard InChI is InChI=1S/C13H9FN4/c14-11-6-9(3-5-16-11)12-13(18-8-17-12)10-2-1-4-15-7-10/h1-8H,(H,17,18). The number of aromatic nitrogens is 4. The summed E-state index contributed by atoms with van der Waals surface area (Å²) in [6, 6.07) is 6.84. The van der Waals surface area contributed by atoms with Crippen LogP contribution in [0.5, 0.6) is 0 Å². The second-order valence-corrected chi connectivity index (χ2v) is 3.74. The fourth-order valence-electron chi connectivity index (χ4n) is 1.79. The Morgan fingerprint density at radius 1 is 1.06 bits per heavy atom. The number of H-pyrrole nitrogens is 1. The lowest BCUT2D eigenvalue weighted by molar-refractivity contribution is 0.584. The van der Waals surface area contributed by atoms with Crippen LogP contribution in [0, 0.1) is 5.95 Å². The first-order valence-electron chi connectivity index (χ1n) is 5.40.